The summed E-state index contributed by atoms with van der Waals surface area (Å²) in [5.74, 6) is 0.0898. The van der Waals surface area contributed by atoms with Crippen molar-refractivity contribution >= 4 is 29.0 Å². The molecule has 0 spiro atoms. The summed E-state index contributed by atoms with van der Waals surface area (Å²) in [5.41, 5.74) is 0.579. The highest BCUT2D eigenvalue weighted by Crippen LogP contribution is 2.23. The Labute approximate surface area is 131 Å². The third kappa shape index (κ3) is 3.97. The number of halogens is 2. The van der Waals surface area contributed by atoms with Crippen LogP contribution in [0.3, 0.4) is 0 Å². The van der Waals surface area contributed by atoms with E-state index in [1.165, 1.54) is 25.7 Å². The second-order valence-electron chi connectivity index (χ2n) is 5.43. The second-order valence-corrected chi connectivity index (χ2v) is 6.27. The third-order valence-corrected chi connectivity index (χ3v) is 4.60. The fraction of sp³-hybridized carbons (Fsp3) is 0.562. The number of carbonyl (C=O) groups is 1. The molecule has 0 N–H and O–H groups in total. The van der Waals surface area contributed by atoms with E-state index >= 15 is 0 Å². The van der Waals surface area contributed by atoms with Crippen LogP contribution in [-0.2, 0) is 0 Å². The lowest BCUT2D eigenvalue weighted by atomic mass is 10.1. The normalized spacial score (nSPS) is 20.6. The van der Waals surface area contributed by atoms with E-state index in [0.29, 0.717) is 28.2 Å². The van der Waals surface area contributed by atoms with Gasteiger partial charge in [0.05, 0.1) is 11.6 Å². The zero-order valence-electron chi connectivity index (χ0n) is 11.9. The molecule has 110 valence electrons. The van der Waals surface area contributed by atoms with Gasteiger partial charge in [-0.05, 0) is 44.0 Å². The minimum atomic E-state index is 0.0898. The zero-order chi connectivity index (χ0) is 14.5. The summed E-state index contributed by atoms with van der Waals surface area (Å²) in [5, 5.41) is 1.01. The summed E-state index contributed by atoms with van der Waals surface area (Å²) in [7, 11) is 0. The van der Waals surface area contributed by atoms with Crippen LogP contribution in [0.5, 0.6) is 0 Å². The summed E-state index contributed by atoms with van der Waals surface area (Å²) in [6, 6.07) is 5.61. The highest BCUT2D eigenvalue weighted by Gasteiger charge is 2.22. The molecule has 1 unspecified atom stereocenters. The first-order chi connectivity index (χ1) is 9.61. The van der Waals surface area contributed by atoms with Gasteiger partial charge in [0.15, 0.2) is 5.78 Å². The minimum absolute atomic E-state index is 0.0898. The van der Waals surface area contributed by atoms with E-state index in [1.54, 1.807) is 18.2 Å². The monoisotopic (exact) mass is 313 g/mol. The lowest BCUT2D eigenvalue weighted by molar-refractivity contribution is 0.0890. The van der Waals surface area contributed by atoms with Crippen LogP contribution in [0, 0.1) is 0 Å². The summed E-state index contributed by atoms with van der Waals surface area (Å²) in [4.78, 5) is 14.8. The molecule has 1 aromatic carbocycles. The highest BCUT2D eigenvalue weighted by atomic mass is 35.5. The molecule has 2 nitrogen and oxygen atoms in total. The van der Waals surface area contributed by atoms with E-state index in [2.05, 4.69) is 11.8 Å². The predicted molar refractivity (Wildman–Crippen MR) is 84.9 cm³/mol. The van der Waals surface area contributed by atoms with Crippen molar-refractivity contribution in [1.82, 2.24) is 4.90 Å². The average molecular weight is 314 g/mol. The van der Waals surface area contributed by atoms with E-state index in [4.69, 9.17) is 23.2 Å². The van der Waals surface area contributed by atoms with E-state index in [9.17, 15) is 4.79 Å². The number of Topliss-reactive ketones (excluding diaryl/α,β-unsaturated/α-hetero) is 1. The van der Waals surface area contributed by atoms with Crippen molar-refractivity contribution in [3.63, 3.8) is 0 Å². The first-order valence-electron chi connectivity index (χ1n) is 7.34. The number of rotatable bonds is 4. The van der Waals surface area contributed by atoms with Crippen LogP contribution in [0.25, 0.3) is 0 Å². The Morgan fingerprint density at radius 3 is 2.80 bits per heavy atom. The van der Waals surface area contributed by atoms with E-state index < -0.39 is 0 Å². The summed E-state index contributed by atoms with van der Waals surface area (Å²) < 4.78 is 0. The summed E-state index contributed by atoms with van der Waals surface area (Å²) in [6.45, 7) is 3.66. The SMILES string of the molecule is CCC1CCCCCN1CC(=O)c1ccc(Cl)cc1Cl. The summed E-state index contributed by atoms with van der Waals surface area (Å²) >= 11 is 12.0. The number of likely N-dealkylation sites (tertiary alicyclic amines) is 1. The van der Waals surface area contributed by atoms with Crippen molar-refractivity contribution in [2.75, 3.05) is 13.1 Å². The van der Waals surface area contributed by atoms with Gasteiger partial charge in [0.2, 0.25) is 0 Å². The molecule has 4 heteroatoms. The van der Waals surface area contributed by atoms with Crippen LogP contribution in [0.1, 0.15) is 49.4 Å². The molecule has 0 aliphatic carbocycles. The molecule has 20 heavy (non-hydrogen) atoms. The topological polar surface area (TPSA) is 20.3 Å². The van der Waals surface area contributed by atoms with Crippen molar-refractivity contribution < 1.29 is 4.79 Å². The Kier molecular flexibility index (Phi) is 5.88. The predicted octanol–water partition coefficient (Wildman–Crippen LogP) is 4.83. The standard InChI is InChI=1S/C16H21Cl2NO/c1-2-13-6-4-3-5-9-19(13)11-16(20)14-8-7-12(17)10-15(14)18/h7-8,10,13H,2-6,9,11H2,1H3. The van der Waals surface area contributed by atoms with Gasteiger partial charge in [-0.2, -0.15) is 0 Å². The molecule has 0 aromatic heterocycles. The molecule has 2 rings (SSSR count). The molecule has 0 amide bonds. The van der Waals surface area contributed by atoms with Crippen molar-refractivity contribution in [3.05, 3.63) is 33.8 Å². The third-order valence-electron chi connectivity index (χ3n) is 4.05. The Morgan fingerprint density at radius 2 is 2.10 bits per heavy atom. The first kappa shape index (κ1) is 15.8. The molecule has 1 aromatic rings. The number of hydrogen-bond acceptors (Lipinski definition) is 2. The Morgan fingerprint density at radius 1 is 1.30 bits per heavy atom. The number of ketones is 1. The Balaban J connectivity index is 2.09. The highest BCUT2D eigenvalue weighted by molar-refractivity contribution is 6.36. The van der Waals surface area contributed by atoms with Gasteiger partial charge in [-0.15, -0.1) is 0 Å². The van der Waals surface area contributed by atoms with Crippen LogP contribution in [0.4, 0.5) is 0 Å². The molecule has 0 bridgehead atoms. The van der Waals surface area contributed by atoms with Gasteiger partial charge >= 0.3 is 0 Å². The smallest absolute Gasteiger partial charge is 0.178 e. The first-order valence-corrected chi connectivity index (χ1v) is 8.09. The Bertz CT molecular complexity index is 476. The minimum Gasteiger partial charge on any atom is -0.293 e. The van der Waals surface area contributed by atoms with E-state index in [-0.39, 0.29) is 5.78 Å². The number of nitrogens with zero attached hydrogens (tertiary/aromatic N) is 1. The second kappa shape index (κ2) is 7.44. The number of benzene rings is 1. The zero-order valence-corrected chi connectivity index (χ0v) is 13.4. The number of hydrogen-bond donors (Lipinski definition) is 0. The van der Waals surface area contributed by atoms with Gasteiger partial charge in [0, 0.05) is 16.6 Å². The van der Waals surface area contributed by atoms with Crippen molar-refractivity contribution in [3.8, 4) is 0 Å². The van der Waals surface area contributed by atoms with Crippen LogP contribution in [-0.4, -0.2) is 29.8 Å². The van der Waals surface area contributed by atoms with Crippen molar-refractivity contribution in [2.45, 2.75) is 45.1 Å². The molecule has 0 saturated carbocycles. The maximum atomic E-state index is 12.4. The molecule has 1 saturated heterocycles. The summed E-state index contributed by atoms with van der Waals surface area (Å²) in [6.07, 6.45) is 6.01. The fourth-order valence-corrected chi connectivity index (χ4v) is 3.41. The van der Waals surface area contributed by atoms with Gasteiger partial charge in [0.1, 0.15) is 0 Å². The van der Waals surface area contributed by atoms with E-state index in [0.717, 1.165) is 13.0 Å². The van der Waals surface area contributed by atoms with Crippen molar-refractivity contribution in [2.24, 2.45) is 0 Å². The molecule has 1 aliphatic heterocycles. The molecular weight excluding hydrogens is 293 g/mol. The molecule has 1 aliphatic rings. The lowest BCUT2D eigenvalue weighted by Crippen LogP contribution is -2.38. The molecule has 1 fully saturated rings. The maximum absolute atomic E-state index is 12.4. The van der Waals surface area contributed by atoms with Gasteiger partial charge in [-0.25, -0.2) is 0 Å². The number of carbonyl (C=O) groups excluding carboxylic acids is 1. The molecule has 1 atom stereocenters. The van der Waals surface area contributed by atoms with E-state index in [1.807, 2.05) is 0 Å². The van der Waals surface area contributed by atoms with Gasteiger partial charge in [-0.1, -0.05) is 43.0 Å². The fourth-order valence-electron chi connectivity index (χ4n) is 2.89. The molecule has 0 radical (unpaired) electrons. The molecular formula is C16H21Cl2NO. The maximum Gasteiger partial charge on any atom is 0.178 e. The lowest BCUT2D eigenvalue weighted by Gasteiger charge is -2.28. The average Bonchev–Trinajstić information content (AvgIpc) is 2.63. The van der Waals surface area contributed by atoms with Crippen LogP contribution < -0.4 is 0 Å². The molecule has 1 heterocycles. The van der Waals surface area contributed by atoms with Crippen LogP contribution in [0.15, 0.2) is 18.2 Å². The van der Waals surface area contributed by atoms with Gasteiger partial charge in [-0.3, -0.25) is 9.69 Å². The van der Waals surface area contributed by atoms with Gasteiger partial charge in [0.25, 0.3) is 0 Å². The van der Waals surface area contributed by atoms with Crippen LogP contribution in [0.2, 0.25) is 10.0 Å². The van der Waals surface area contributed by atoms with Crippen molar-refractivity contribution in [1.29, 1.82) is 0 Å². The largest absolute Gasteiger partial charge is 0.293 e. The van der Waals surface area contributed by atoms with Crippen LogP contribution >= 0.6 is 23.2 Å². The van der Waals surface area contributed by atoms with Gasteiger partial charge < -0.3 is 0 Å². The Hall–Kier alpha value is -0.570. The quantitative estimate of drug-likeness (QED) is 0.742.